The predicted octanol–water partition coefficient (Wildman–Crippen LogP) is 5.90. The number of carbonyl (C=O) groups excluding carboxylic acids is 2. The number of rotatable bonds is 8. The number of nitriles is 1. The molecule has 0 unspecified atom stereocenters. The van der Waals surface area contributed by atoms with Gasteiger partial charge in [0.2, 0.25) is 5.88 Å². The zero-order valence-corrected chi connectivity index (χ0v) is 22.1. The summed E-state index contributed by atoms with van der Waals surface area (Å²) in [7, 11) is 3.13. The Bertz CT molecular complexity index is 1450. The Morgan fingerprint density at radius 1 is 0.892 bits per heavy atom. The van der Waals surface area contributed by atoms with Crippen molar-refractivity contribution < 1.29 is 28.2 Å². The van der Waals surface area contributed by atoms with E-state index in [4.69, 9.17) is 18.6 Å². The number of nitrogens with zero attached hydrogens (tertiary/aromatic N) is 1. The molecule has 1 amide bonds. The molecule has 0 spiro atoms. The standard InChI is InChI=1S/C28H21IN2O6/c1-34-21-11-5-17(6-12-21)25-23(15-30)27(37-26(25)18-7-13-22(35-2)14-8-18)31-24(32)16-36-28(33)19-3-9-20(29)10-4-19/h3-14H,16H2,1-2H3,(H,31,32). The summed E-state index contributed by atoms with van der Waals surface area (Å²) in [4.78, 5) is 24.9. The fourth-order valence-electron chi connectivity index (χ4n) is 3.57. The van der Waals surface area contributed by atoms with Crippen molar-refractivity contribution in [2.75, 3.05) is 26.1 Å². The van der Waals surface area contributed by atoms with Crippen molar-refractivity contribution in [1.82, 2.24) is 0 Å². The molecule has 3 aromatic carbocycles. The number of benzene rings is 3. The lowest BCUT2D eigenvalue weighted by Crippen LogP contribution is -2.21. The number of anilines is 1. The third-order valence-corrected chi connectivity index (χ3v) is 6.14. The lowest BCUT2D eigenvalue weighted by Gasteiger charge is -2.06. The van der Waals surface area contributed by atoms with Crippen LogP contribution in [0.3, 0.4) is 0 Å². The van der Waals surface area contributed by atoms with Crippen LogP contribution in [0.25, 0.3) is 22.5 Å². The molecule has 1 heterocycles. The average Bonchev–Trinajstić information content (AvgIpc) is 3.30. The van der Waals surface area contributed by atoms with Gasteiger partial charge in [-0.1, -0.05) is 12.1 Å². The van der Waals surface area contributed by atoms with Crippen LogP contribution in [-0.2, 0) is 9.53 Å². The van der Waals surface area contributed by atoms with Crippen molar-refractivity contribution in [3.05, 3.63) is 87.5 Å². The van der Waals surface area contributed by atoms with Gasteiger partial charge in [-0.05, 0) is 88.8 Å². The number of ether oxygens (including phenoxy) is 3. The second-order valence-corrected chi connectivity index (χ2v) is 8.96. The molecule has 0 fully saturated rings. The van der Waals surface area contributed by atoms with E-state index in [-0.39, 0.29) is 11.4 Å². The van der Waals surface area contributed by atoms with Crippen molar-refractivity contribution in [3.8, 4) is 40.0 Å². The van der Waals surface area contributed by atoms with Crippen LogP contribution in [0.2, 0.25) is 0 Å². The van der Waals surface area contributed by atoms with Gasteiger partial charge in [0.05, 0.1) is 19.8 Å². The first-order valence-electron chi connectivity index (χ1n) is 11.0. The summed E-state index contributed by atoms with van der Waals surface area (Å²) in [6.45, 7) is -0.549. The molecule has 4 aromatic rings. The maximum Gasteiger partial charge on any atom is 0.338 e. The molecule has 0 atom stereocenters. The fraction of sp³-hybridized carbons (Fsp3) is 0.107. The Morgan fingerprint density at radius 2 is 1.46 bits per heavy atom. The number of amides is 1. The first-order valence-corrected chi connectivity index (χ1v) is 12.1. The molecule has 4 rings (SSSR count). The minimum Gasteiger partial charge on any atom is -0.497 e. The Morgan fingerprint density at radius 3 is 2.00 bits per heavy atom. The van der Waals surface area contributed by atoms with Crippen LogP contribution in [0.1, 0.15) is 15.9 Å². The quantitative estimate of drug-likeness (QED) is 0.196. The predicted molar refractivity (Wildman–Crippen MR) is 145 cm³/mol. The smallest absolute Gasteiger partial charge is 0.338 e. The molecule has 186 valence electrons. The largest absolute Gasteiger partial charge is 0.497 e. The van der Waals surface area contributed by atoms with E-state index >= 15 is 0 Å². The summed E-state index contributed by atoms with van der Waals surface area (Å²) >= 11 is 2.13. The van der Waals surface area contributed by atoms with Crippen LogP contribution in [0, 0.1) is 14.9 Å². The van der Waals surface area contributed by atoms with E-state index in [1.54, 1.807) is 87.0 Å². The Kier molecular flexibility index (Phi) is 8.10. The highest BCUT2D eigenvalue weighted by Gasteiger charge is 2.25. The minimum atomic E-state index is -0.647. The van der Waals surface area contributed by atoms with E-state index in [0.717, 1.165) is 3.57 Å². The van der Waals surface area contributed by atoms with Gasteiger partial charge >= 0.3 is 5.97 Å². The summed E-state index contributed by atoms with van der Waals surface area (Å²) < 4.78 is 22.6. The average molecular weight is 608 g/mol. The van der Waals surface area contributed by atoms with Gasteiger partial charge in [-0.2, -0.15) is 5.26 Å². The van der Waals surface area contributed by atoms with Crippen molar-refractivity contribution in [2.24, 2.45) is 0 Å². The number of methoxy groups -OCH3 is 2. The van der Waals surface area contributed by atoms with Crippen LogP contribution < -0.4 is 14.8 Å². The number of esters is 1. The Balaban J connectivity index is 1.63. The SMILES string of the molecule is COc1ccc(-c2oc(NC(=O)COC(=O)c3ccc(I)cc3)c(C#N)c2-c2ccc(OC)cc2)cc1. The van der Waals surface area contributed by atoms with Crippen molar-refractivity contribution in [2.45, 2.75) is 0 Å². The van der Waals surface area contributed by atoms with E-state index in [1.165, 1.54) is 0 Å². The van der Waals surface area contributed by atoms with Crippen molar-refractivity contribution in [3.63, 3.8) is 0 Å². The van der Waals surface area contributed by atoms with Crippen molar-refractivity contribution in [1.29, 1.82) is 5.26 Å². The van der Waals surface area contributed by atoms with Crippen LogP contribution in [0.4, 0.5) is 5.88 Å². The van der Waals surface area contributed by atoms with Gasteiger partial charge in [-0.25, -0.2) is 4.79 Å². The zero-order chi connectivity index (χ0) is 26.4. The van der Waals surface area contributed by atoms with E-state index in [0.29, 0.717) is 39.5 Å². The third-order valence-electron chi connectivity index (χ3n) is 5.42. The molecule has 37 heavy (non-hydrogen) atoms. The number of nitrogens with one attached hydrogen (secondary N) is 1. The number of hydrogen-bond acceptors (Lipinski definition) is 7. The number of hydrogen-bond donors (Lipinski definition) is 1. The molecule has 8 nitrogen and oxygen atoms in total. The molecule has 0 aliphatic rings. The van der Waals surface area contributed by atoms with Gasteiger partial charge in [0.15, 0.2) is 6.61 Å². The molecule has 1 aromatic heterocycles. The second kappa shape index (κ2) is 11.6. The van der Waals surface area contributed by atoms with E-state index in [1.807, 2.05) is 0 Å². The van der Waals surface area contributed by atoms with Gasteiger partial charge in [-0.15, -0.1) is 0 Å². The van der Waals surface area contributed by atoms with Crippen LogP contribution in [-0.4, -0.2) is 32.7 Å². The van der Waals surface area contributed by atoms with Gasteiger partial charge in [-0.3, -0.25) is 10.1 Å². The lowest BCUT2D eigenvalue weighted by molar-refractivity contribution is -0.119. The second-order valence-electron chi connectivity index (χ2n) is 7.71. The lowest BCUT2D eigenvalue weighted by atomic mass is 9.98. The van der Waals surface area contributed by atoms with Gasteiger partial charge < -0.3 is 18.6 Å². The molecular formula is C28H21IN2O6. The molecular weight excluding hydrogens is 587 g/mol. The number of carbonyl (C=O) groups is 2. The monoisotopic (exact) mass is 608 g/mol. The highest BCUT2D eigenvalue weighted by atomic mass is 127. The third kappa shape index (κ3) is 5.92. The first kappa shape index (κ1) is 25.8. The minimum absolute atomic E-state index is 0.0468. The summed E-state index contributed by atoms with van der Waals surface area (Å²) in [5, 5.41) is 12.6. The van der Waals surface area contributed by atoms with Gasteiger partial charge in [0, 0.05) is 14.7 Å². The first-order chi connectivity index (χ1) is 17.9. The van der Waals surface area contributed by atoms with Crippen LogP contribution >= 0.6 is 22.6 Å². The number of halogens is 1. The molecule has 0 aliphatic carbocycles. The molecule has 0 saturated carbocycles. The topological polar surface area (TPSA) is 111 Å². The van der Waals surface area contributed by atoms with E-state index in [9.17, 15) is 14.9 Å². The Hall–Kier alpha value is -4.30. The highest BCUT2D eigenvalue weighted by Crippen LogP contribution is 2.42. The summed E-state index contributed by atoms with van der Waals surface area (Å²) in [6.07, 6.45) is 0. The normalized spacial score (nSPS) is 10.3. The molecule has 1 N–H and O–H groups in total. The van der Waals surface area contributed by atoms with Crippen LogP contribution in [0.5, 0.6) is 11.5 Å². The molecule has 0 bridgehead atoms. The van der Waals surface area contributed by atoms with Gasteiger partial charge in [0.25, 0.3) is 5.91 Å². The highest BCUT2D eigenvalue weighted by molar-refractivity contribution is 14.1. The zero-order valence-electron chi connectivity index (χ0n) is 19.9. The molecule has 0 saturated heterocycles. The van der Waals surface area contributed by atoms with Crippen molar-refractivity contribution >= 4 is 40.4 Å². The maximum absolute atomic E-state index is 12.6. The van der Waals surface area contributed by atoms with Crippen LogP contribution in [0.15, 0.2) is 77.2 Å². The summed E-state index contributed by atoms with van der Waals surface area (Å²) in [5.74, 6) is 0.367. The molecule has 9 heteroatoms. The summed E-state index contributed by atoms with van der Waals surface area (Å²) in [5.41, 5.74) is 2.33. The molecule has 0 aliphatic heterocycles. The van der Waals surface area contributed by atoms with Gasteiger partial charge in [0.1, 0.15) is 28.9 Å². The van der Waals surface area contributed by atoms with E-state index in [2.05, 4.69) is 34.0 Å². The maximum atomic E-state index is 12.6. The summed E-state index contributed by atoms with van der Waals surface area (Å²) in [6, 6.07) is 23.1. The fourth-order valence-corrected chi connectivity index (χ4v) is 3.93. The molecule has 0 radical (unpaired) electrons. The Labute approximate surface area is 226 Å². The van der Waals surface area contributed by atoms with E-state index < -0.39 is 18.5 Å². The number of furan rings is 1.